The lowest BCUT2D eigenvalue weighted by molar-refractivity contribution is 0.105. The Morgan fingerprint density at radius 2 is 2.15 bits per heavy atom. The Hall–Kier alpha value is -1.28. The molecule has 1 aromatic carbocycles. The first-order chi connectivity index (χ1) is 6.11. The van der Waals surface area contributed by atoms with Gasteiger partial charge in [-0.3, -0.25) is 0 Å². The van der Waals surface area contributed by atoms with E-state index < -0.39 is 5.60 Å². The Kier molecular flexibility index (Phi) is 1.67. The van der Waals surface area contributed by atoms with Crippen LogP contribution in [0, 0.1) is 0 Å². The number of phenolic OH excluding ortho intramolecular Hbond substituents is 1. The fraction of sp³-hybridized carbons (Fsp3) is 0.273. The number of aliphatic hydroxyl groups is 1. The summed E-state index contributed by atoms with van der Waals surface area (Å²) in [6, 6.07) is 5.32. The van der Waals surface area contributed by atoms with E-state index in [9.17, 15) is 10.2 Å². The van der Waals surface area contributed by atoms with Crippen LogP contribution in [0.25, 0.3) is 0 Å². The van der Waals surface area contributed by atoms with E-state index >= 15 is 0 Å². The minimum absolute atomic E-state index is 0.173. The fourth-order valence-electron chi connectivity index (χ4n) is 1.84. The van der Waals surface area contributed by atoms with Crippen LogP contribution in [-0.4, -0.2) is 10.2 Å². The van der Waals surface area contributed by atoms with Crippen molar-refractivity contribution in [3.63, 3.8) is 0 Å². The number of rotatable bonds is 0. The summed E-state index contributed by atoms with van der Waals surface area (Å²) in [4.78, 5) is 0. The first kappa shape index (κ1) is 8.32. The average Bonchev–Trinajstić information content (AvgIpc) is 2.02. The third-order valence-electron chi connectivity index (χ3n) is 2.42. The summed E-state index contributed by atoms with van der Waals surface area (Å²) in [5.41, 5.74) is 0.601. The van der Waals surface area contributed by atoms with E-state index in [4.69, 9.17) is 0 Å². The van der Waals surface area contributed by atoms with Crippen molar-refractivity contribution >= 4 is 0 Å². The van der Waals surface area contributed by atoms with Gasteiger partial charge in [0, 0.05) is 5.56 Å². The molecule has 0 saturated carbocycles. The normalized spacial score (nSPS) is 25.7. The van der Waals surface area contributed by atoms with Crippen LogP contribution in [-0.2, 0) is 12.0 Å². The van der Waals surface area contributed by atoms with Gasteiger partial charge in [0.1, 0.15) is 11.4 Å². The lowest BCUT2D eigenvalue weighted by Gasteiger charge is -2.26. The van der Waals surface area contributed by atoms with E-state index in [1.54, 1.807) is 25.1 Å². The molecular weight excluding hydrogens is 164 g/mol. The number of allylic oxidation sites excluding steroid dienone is 1. The average molecular weight is 176 g/mol. The number of fused-ring (bicyclic) bond motifs is 1. The fourth-order valence-corrected chi connectivity index (χ4v) is 1.84. The highest BCUT2D eigenvalue weighted by atomic mass is 16.3. The molecule has 0 fully saturated rings. The van der Waals surface area contributed by atoms with Crippen LogP contribution in [0.5, 0.6) is 5.75 Å². The number of hydrogen-bond donors (Lipinski definition) is 2. The summed E-state index contributed by atoms with van der Waals surface area (Å²) in [6.45, 7) is 1.68. The van der Waals surface area contributed by atoms with Gasteiger partial charge in [-0.1, -0.05) is 24.3 Å². The topological polar surface area (TPSA) is 40.5 Å². The summed E-state index contributed by atoms with van der Waals surface area (Å²) in [7, 11) is 0. The molecule has 1 unspecified atom stereocenters. The van der Waals surface area contributed by atoms with Crippen LogP contribution in [0.3, 0.4) is 0 Å². The quantitative estimate of drug-likeness (QED) is 0.591. The van der Waals surface area contributed by atoms with E-state index in [0.717, 1.165) is 12.0 Å². The van der Waals surface area contributed by atoms with Gasteiger partial charge in [0.05, 0.1) is 0 Å². The molecule has 2 heteroatoms. The van der Waals surface area contributed by atoms with Crippen molar-refractivity contribution in [2.75, 3.05) is 0 Å². The summed E-state index contributed by atoms with van der Waals surface area (Å²) in [5, 5.41) is 19.6. The largest absolute Gasteiger partial charge is 0.508 e. The lowest BCUT2D eigenvalue weighted by atomic mass is 9.85. The molecule has 1 atom stereocenters. The Labute approximate surface area is 77.1 Å². The van der Waals surface area contributed by atoms with Crippen LogP contribution >= 0.6 is 0 Å². The maximum absolute atomic E-state index is 9.96. The van der Waals surface area contributed by atoms with Gasteiger partial charge in [0.2, 0.25) is 0 Å². The highest BCUT2D eigenvalue weighted by molar-refractivity contribution is 5.48. The molecule has 0 amide bonds. The lowest BCUT2D eigenvalue weighted by Crippen LogP contribution is -2.22. The third-order valence-corrected chi connectivity index (χ3v) is 2.42. The molecule has 0 aromatic heterocycles. The molecule has 2 N–H and O–H groups in total. The second-order valence-corrected chi connectivity index (χ2v) is 3.57. The molecule has 2 rings (SSSR count). The molecule has 0 heterocycles. The first-order valence-electron chi connectivity index (χ1n) is 4.33. The van der Waals surface area contributed by atoms with E-state index in [0.29, 0.717) is 5.56 Å². The molecular formula is C11H12O2. The van der Waals surface area contributed by atoms with Crippen molar-refractivity contribution in [1.82, 2.24) is 0 Å². The minimum Gasteiger partial charge on any atom is -0.508 e. The maximum atomic E-state index is 9.96. The van der Waals surface area contributed by atoms with Gasteiger partial charge in [-0.15, -0.1) is 0 Å². The maximum Gasteiger partial charge on any atom is 0.122 e. The predicted molar refractivity (Wildman–Crippen MR) is 50.5 cm³/mol. The number of benzene rings is 1. The number of hydrogen-bond acceptors (Lipinski definition) is 2. The molecule has 0 spiro atoms. The second-order valence-electron chi connectivity index (χ2n) is 3.57. The van der Waals surface area contributed by atoms with Crippen LogP contribution in [0.15, 0.2) is 30.4 Å². The van der Waals surface area contributed by atoms with Crippen molar-refractivity contribution in [2.24, 2.45) is 0 Å². The van der Waals surface area contributed by atoms with E-state index in [1.807, 2.05) is 12.1 Å². The van der Waals surface area contributed by atoms with Crippen molar-refractivity contribution in [2.45, 2.75) is 18.9 Å². The van der Waals surface area contributed by atoms with E-state index in [-0.39, 0.29) is 5.75 Å². The smallest absolute Gasteiger partial charge is 0.122 e. The van der Waals surface area contributed by atoms with Gasteiger partial charge in [0.15, 0.2) is 0 Å². The molecule has 1 aliphatic rings. The van der Waals surface area contributed by atoms with Gasteiger partial charge in [0.25, 0.3) is 0 Å². The van der Waals surface area contributed by atoms with Crippen LogP contribution < -0.4 is 0 Å². The van der Waals surface area contributed by atoms with Gasteiger partial charge >= 0.3 is 0 Å². The monoisotopic (exact) mass is 176 g/mol. The number of phenols is 1. The van der Waals surface area contributed by atoms with Gasteiger partial charge in [-0.05, 0) is 25.0 Å². The molecule has 0 radical (unpaired) electrons. The summed E-state index contributed by atoms with van der Waals surface area (Å²) >= 11 is 0. The molecule has 0 saturated heterocycles. The molecule has 1 aliphatic carbocycles. The molecule has 0 aliphatic heterocycles. The third kappa shape index (κ3) is 1.23. The Balaban J connectivity index is 2.66. The predicted octanol–water partition coefficient (Wildman–Crippen LogP) is 1.71. The molecule has 68 valence electrons. The van der Waals surface area contributed by atoms with Crippen molar-refractivity contribution < 1.29 is 10.2 Å². The second kappa shape index (κ2) is 2.60. The zero-order chi connectivity index (χ0) is 9.47. The van der Waals surface area contributed by atoms with Crippen LogP contribution in [0.4, 0.5) is 0 Å². The Morgan fingerprint density at radius 3 is 2.85 bits per heavy atom. The molecule has 2 nitrogen and oxygen atoms in total. The highest BCUT2D eigenvalue weighted by Crippen LogP contribution is 2.36. The highest BCUT2D eigenvalue weighted by Gasteiger charge is 2.28. The van der Waals surface area contributed by atoms with Gasteiger partial charge < -0.3 is 10.2 Å². The zero-order valence-corrected chi connectivity index (χ0v) is 7.49. The van der Waals surface area contributed by atoms with Crippen molar-refractivity contribution in [3.05, 3.63) is 41.5 Å². The molecule has 13 heavy (non-hydrogen) atoms. The summed E-state index contributed by atoms with van der Waals surface area (Å²) in [6.07, 6.45) is 4.41. The first-order valence-corrected chi connectivity index (χ1v) is 4.33. The molecule has 0 bridgehead atoms. The Bertz CT molecular complexity index is 364. The Morgan fingerprint density at radius 1 is 1.38 bits per heavy atom. The minimum atomic E-state index is -1.03. The SMILES string of the molecule is CC1(O)C=CCc2cccc(O)c21. The standard InChI is InChI=1S/C11H12O2/c1-11(13)7-3-5-8-4-2-6-9(12)10(8)11/h2-4,6-7,12-13H,5H2,1H3. The van der Waals surface area contributed by atoms with Gasteiger partial charge in [-0.25, -0.2) is 0 Å². The van der Waals surface area contributed by atoms with E-state index in [1.165, 1.54) is 0 Å². The zero-order valence-electron chi connectivity index (χ0n) is 7.49. The van der Waals surface area contributed by atoms with Crippen molar-refractivity contribution in [1.29, 1.82) is 0 Å². The summed E-state index contributed by atoms with van der Waals surface area (Å²) in [5.74, 6) is 0.173. The van der Waals surface area contributed by atoms with Gasteiger partial charge in [-0.2, -0.15) is 0 Å². The summed E-state index contributed by atoms with van der Waals surface area (Å²) < 4.78 is 0. The molecule has 1 aromatic rings. The van der Waals surface area contributed by atoms with E-state index in [2.05, 4.69) is 0 Å². The number of aromatic hydroxyl groups is 1. The van der Waals surface area contributed by atoms with Crippen molar-refractivity contribution in [3.8, 4) is 5.75 Å². The van der Waals surface area contributed by atoms with Crippen LogP contribution in [0.1, 0.15) is 18.1 Å². The van der Waals surface area contributed by atoms with Crippen LogP contribution in [0.2, 0.25) is 0 Å².